The molecule has 0 aromatic rings. The van der Waals surface area contributed by atoms with Gasteiger partial charge in [0.05, 0.1) is 19.1 Å². The van der Waals surface area contributed by atoms with Crippen LogP contribution < -0.4 is 10.6 Å². The standard InChI is InChI=1S/C12H21N3O3/c1-3-6-15-7-4-13-10(12(15)17)9-11(16)14-5-8-18-2/h3,10,13H,1,4-9H2,2H3,(H,14,16). The van der Waals surface area contributed by atoms with E-state index < -0.39 is 6.04 Å². The molecule has 1 atom stereocenters. The second-order valence-electron chi connectivity index (χ2n) is 4.13. The molecule has 1 heterocycles. The second kappa shape index (κ2) is 7.84. The van der Waals surface area contributed by atoms with Crippen molar-refractivity contribution in [3.63, 3.8) is 0 Å². The van der Waals surface area contributed by atoms with Crippen LogP contribution in [0.1, 0.15) is 6.42 Å². The predicted octanol–water partition coefficient (Wildman–Crippen LogP) is -0.874. The van der Waals surface area contributed by atoms with E-state index in [-0.39, 0.29) is 18.2 Å². The first-order valence-electron chi connectivity index (χ1n) is 6.07. The molecular weight excluding hydrogens is 234 g/mol. The van der Waals surface area contributed by atoms with E-state index in [0.29, 0.717) is 32.8 Å². The minimum Gasteiger partial charge on any atom is -0.383 e. The molecule has 0 aromatic heterocycles. The first-order valence-corrected chi connectivity index (χ1v) is 6.07. The van der Waals surface area contributed by atoms with E-state index in [1.165, 1.54) is 0 Å². The quantitative estimate of drug-likeness (QED) is 0.458. The Hall–Kier alpha value is -1.40. The van der Waals surface area contributed by atoms with Gasteiger partial charge in [0.2, 0.25) is 11.8 Å². The van der Waals surface area contributed by atoms with Crippen LogP contribution >= 0.6 is 0 Å². The minimum absolute atomic E-state index is 0.0389. The Bertz CT molecular complexity index is 307. The molecule has 6 heteroatoms. The average Bonchev–Trinajstić information content (AvgIpc) is 2.35. The summed E-state index contributed by atoms with van der Waals surface area (Å²) in [6, 6.07) is -0.429. The molecule has 0 radical (unpaired) electrons. The Morgan fingerprint density at radius 2 is 2.50 bits per heavy atom. The molecule has 1 saturated heterocycles. The maximum atomic E-state index is 12.0. The van der Waals surface area contributed by atoms with Gasteiger partial charge in [-0.15, -0.1) is 6.58 Å². The highest BCUT2D eigenvalue weighted by Gasteiger charge is 2.29. The predicted molar refractivity (Wildman–Crippen MR) is 68.1 cm³/mol. The van der Waals surface area contributed by atoms with Gasteiger partial charge in [0.1, 0.15) is 0 Å². The molecule has 1 fully saturated rings. The molecule has 0 aromatic carbocycles. The third kappa shape index (κ3) is 4.46. The van der Waals surface area contributed by atoms with Gasteiger partial charge in [-0.1, -0.05) is 6.08 Å². The molecule has 1 aliphatic rings. The molecule has 1 aliphatic heterocycles. The maximum Gasteiger partial charge on any atom is 0.240 e. The lowest BCUT2D eigenvalue weighted by molar-refractivity contribution is -0.137. The molecule has 6 nitrogen and oxygen atoms in total. The van der Waals surface area contributed by atoms with Crippen LogP contribution in [0.25, 0.3) is 0 Å². The summed E-state index contributed by atoms with van der Waals surface area (Å²) in [7, 11) is 1.57. The largest absolute Gasteiger partial charge is 0.383 e. The van der Waals surface area contributed by atoms with Crippen molar-refractivity contribution in [3.8, 4) is 0 Å². The summed E-state index contributed by atoms with van der Waals surface area (Å²) in [5, 5.41) is 5.76. The zero-order chi connectivity index (χ0) is 13.4. The minimum atomic E-state index is -0.429. The fourth-order valence-electron chi connectivity index (χ4n) is 1.84. The molecule has 0 saturated carbocycles. The summed E-state index contributed by atoms with van der Waals surface area (Å²) in [5.74, 6) is -0.179. The number of carbonyl (C=O) groups is 2. The molecule has 0 bridgehead atoms. The van der Waals surface area contributed by atoms with Crippen molar-refractivity contribution in [1.82, 2.24) is 15.5 Å². The zero-order valence-corrected chi connectivity index (χ0v) is 10.8. The van der Waals surface area contributed by atoms with E-state index in [1.807, 2.05) is 0 Å². The fourth-order valence-corrected chi connectivity index (χ4v) is 1.84. The van der Waals surface area contributed by atoms with E-state index in [4.69, 9.17) is 4.74 Å². The number of methoxy groups -OCH3 is 1. The number of ether oxygens (including phenoxy) is 1. The van der Waals surface area contributed by atoms with Gasteiger partial charge in [0.15, 0.2) is 0 Å². The number of piperazine rings is 1. The van der Waals surface area contributed by atoms with Gasteiger partial charge in [-0.05, 0) is 0 Å². The maximum absolute atomic E-state index is 12.0. The van der Waals surface area contributed by atoms with E-state index >= 15 is 0 Å². The number of nitrogens with one attached hydrogen (secondary N) is 2. The van der Waals surface area contributed by atoms with Crippen LogP contribution in [0.5, 0.6) is 0 Å². The van der Waals surface area contributed by atoms with E-state index in [9.17, 15) is 9.59 Å². The van der Waals surface area contributed by atoms with Gasteiger partial charge in [-0.2, -0.15) is 0 Å². The van der Waals surface area contributed by atoms with Crippen molar-refractivity contribution in [2.75, 3.05) is 39.9 Å². The normalized spacial score (nSPS) is 19.7. The lowest BCUT2D eigenvalue weighted by Crippen LogP contribution is -2.56. The number of nitrogens with zero attached hydrogens (tertiary/aromatic N) is 1. The first-order chi connectivity index (χ1) is 8.69. The molecule has 1 rings (SSSR count). The van der Waals surface area contributed by atoms with Gasteiger partial charge < -0.3 is 20.3 Å². The van der Waals surface area contributed by atoms with Crippen LogP contribution in [-0.2, 0) is 14.3 Å². The van der Waals surface area contributed by atoms with Crippen molar-refractivity contribution >= 4 is 11.8 Å². The molecule has 2 N–H and O–H groups in total. The molecule has 102 valence electrons. The van der Waals surface area contributed by atoms with Crippen LogP contribution in [0.2, 0.25) is 0 Å². The molecule has 2 amide bonds. The Balaban J connectivity index is 2.38. The van der Waals surface area contributed by atoms with Crippen molar-refractivity contribution in [3.05, 3.63) is 12.7 Å². The third-order valence-corrected chi connectivity index (χ3v) is 2.75. The van der Waals surface area contributed by atoms with Crippen molar-refractivity contribution < 1.29 is 14.3 Å². The van der Waals surface area contributed by atoms with E-state index in [2.05, 4.69) is 17.2 Å². The summed E-state index contributed by atoms with van der Waals surface area (Å²) < 4.78 is 4.84. The second-order valence-corrected chi connectivity index (χ2v) is 4.13. The summed E-state index contributed by atoms with van der Waals surface area (Å²) in [4.78, 5) is 25.3. The lowest BCUT2D eigenvalue weighted by atomic mass is 10.1. The Morgan fingerprint density at radius 3 is 3.17 bits per heavy atom. The first kappa shape index (κ1) is 14.7. The van der Waals surface area contributed by atoms with Crippen LogP contribution in [0.15, 0.2) is 12.7 Å². The van der Waals surface area contributed by atoms with Crippen molar-refractivity contribution in [1.29, 1.82) is 0 Å². The number of rotatable bonds is 7. The van der Waals surface area contributed by atoms with E-state index in [0.717, 1.165) is 0 Å². The smallest absolute Gasteiger partial charge is 0.240 e. The summed E-state index contributed by atoms with van der Waals surface area (Å²) in [6.45, 7) is 6.45. The van der Waals surface area contributed by atoms with Gasteiger partial charge in [0.25, 0.3) is 0 Å². The topological polar surface area (TPSA) is 70.7 Å². The number of hydrogen-bond acceptors (Lipinski definition) is 4. The SMILES string of the molecule is C=CCN1CCNC(CC(=O)NCCOC)C1=O. The lowest BCUT2D eigenvalue weighted by Gasteiger charge is -2.32. The van der Waals surface area contributed by atoms with Gasteiger partial charge in [-0.3, -0.25) is 9.59 Å². The monoisotopic (exact) mass is 255 g/mol. The highest BCUT2D eigenvalue weighted by molar-refractivity contribution is 5.89. The van der Waals surface area contributed by atoms with Crippen LogP contribution in [-0.4, -0.2) is 62.7 Å². The van der Waals surface area contributed by atoms with Crippen LogP contribution in [0, 0.1) is 0 Å². The highest BCUT2D eigenvalue weighted by atomic mass is 16.5. The Kier molecular flexibility index (Phi) is 6.38. The Morgan fingerprint density at radius 1 is 1.72 bits per heavy atom. The van der Waals surface area contributed by atoms with E-state index in [1.54, 1.807) is 18.1 Å². The van der Waals surface area contributed by atoms with Gasteiger partial charge in [-0.25, -0.2) is 0 Å². The molecule has 0 aliphatic carbocycles. The van der Waals surface area contributed by atoms with Crippen molar-refractivity contribution in [2.24, 2.45) is 0 Å². The van der Waals surface area contributed by atoms with Crippen molar-refractivity contribution in [2.45, 2.75) is 12.5 Å². The summed E-state index contributed by atoms with van der Waals surface area (Å²) in [5.41, 5.74) is 0. The molecule has 18 heavy (non-hydrogen) atoms. The molecule has 1 unspecified atom stereocenters. The van der Waals surface area contributed by atoms with Gasteiger partial charge in [0, 0.05) is 33.3 Å². The zero-order valence-electron chi connectivity index (χ0n) is 10.8. The number of amides is 2. The number of hydrogen-bond donors (Lipinski definition) is 2. The Labute approximate surface area is 107 Å². The van der Waals surface area contributed by atoms with Crippen LogP contribution in [0.4, 0.5) is 0 Å². The summed E-state index contributed by atoms with van der Waals surface area (Å²) in [6.07, 6.45) is 1.86. The number of carbonyl (C=O) groups excluding carboxylic acids is 2. The highest BCUT2D eigenvalue weighted by Crippen LogP contribution is 2.05. The average molecular weight is 255 g/mol. The molecular formula is C12H21N3O3. The third-order valence-electron chi connectivity index (χ3n) is 2.75. The summed E-state index contributed by atoms with van der Waals surface area (Å²) >= 11 is 0. The van der Waals surface area contributed by atoms with Gasteiger partial charge >= 0.3 is 0 Å². The van der Waals surface area contributed by atoms with Crippen LogP contribution in [0.3, 0.4) is 0 Å². The molecule has 0 spiro atoms. The fraction of sp³-hybridized carbons (Fsp3) is 0.667.